The summed E-state index contributed by atoms with van der Waals surface area (Å²) < 4.78 is 5.09. The number of hydrogen-bond acceptors (Lipinski definition) is 5. The van der Waals surface area contributed by atoms with E-state index in [1.165, 1.54) is 0 Å². The minimum atomic E-state index is -1.12. The number of aliphatic hydroxyl groups is 3. The molecule has 0 aromatic carbocycles. The normalized spacial score (nSPS) is 49.2. The molecule has 0 aromatic heterocycles. The third-order valence-electron chi connectivity index (χ3n) is 1.93. The Kier molecular flexibility index (Phi) is 3.48. The summed E-state index contributed by atoms with van der Waals surface area (Å²) in [6.07, 6.45) is -2.93. The van der Waals surface area contributed by atoms with Gasteiger partial charge >= 0.3 is 77.8 Å². The first-order valence-electron chi connectivity index (χ1n) is 3.61. The Balaban J connectivity index is 2.63. The van der Waals surface area contributed by atoms with Gasteiger partial charge in [0.2, 0.25) is 0 Å². The maximum absolute atomic E-state index is 9.33. The summed E-state index contributed by atoms with van der Waals surface area (Å²) in [6.45, 7) is -0.330. The van der Waals surface area contributed by atoms with Gasteiger partial charge in [0.1, 0.15) is 0 Å². The van der Waals surface area contributed by atoms with Crippen LogP contribution in [0.2, 0.25) is 0 Å². The van der Waals surface area contributed by atoms with Gasteiger partial charge in [-0.1, -0.05) is 0 Å². The number of rotatable bonds is 1. The molecule has 1 fully saturated rings. The molecule has 1 rings (SSSR count). The standard InChI is InChI=1S/C6H12NO4Se/c7-3-5(10)4(9)2(1-8)11-6(3)12/h2-6,8-10H,1,7H2/t2-,3+,4-,5-,6?/m1/s1. The summed E-state index contributed by atoms with van der Waals surface area (Å²) >= 11 is 2.61. The van der Waals surface area contributed by atoms with Crippen molar-refractivity contribution in [1.29, 1.82) is 0 Å². The predicted molar refractivity (Wildman–Crippen MR) is 41.5 cm³/mol. The van der Waals surface area contributed by atoms with Crippen LogP contribution in [0.1, 0.15) is 0 Å². The van der Waals surface area contributed by atoms with Gasteiger partial charge in [-0.05, 0) is 0 Å². The van der Waals surface area contributed by atoms with Crippen molar-refractivity contribution in [2.45, 2.75) is 29.4 Å². The van der Waals surface area contributed by atoms with Crippen molar-refractivity contribution >= 4 is 16.0 Å². The van der Waals surface area contributed by atoms with Crippen LogP contribution in [0.25, 0.3) is 0 Å². The molecule has 5 atom stereocenters. The molecule has 1 aliphatic heterocycles. The Morgan fingerprint density at radius 1 is 1.33 bits per heavy atom. The first kappa shape index (κ1) is 10.4. The van der Waals surface area contributed by atoms with E-state index in [1.807, 2.05) is 0 Å². The summed E-state index contributed by atoms with van der Waals surface area (Å²) in [5, 5.41) is 26.9. The average molecular weight is 241 g/mol. The molecule has 1 unspecified atom stereocenters. The molecule has 0 bridgehead atoms. The van der Waals surface area contributed by atoms with Gasteiger partial charge in [-0.15, -0.1) is 0 Å². The van der Waals surface area contributed by atoms with E-state index in [0.29, 0.717) is 0 Å². The van der Waals surface area contributed by atoms with E-state index in [-0.39, 0.29) is 6.61 Å². The quantitative estimate of drug-likeness (QED) is 0.365. The molecule has 1 aliphatic rings. The molecule has 0 spiro atoms. The number of hydrogen-bond donors (Lipinski definition) is 4. The van der Waals surface area contributed by atoms with Crippen LogP contribution in [0.5, 0.6) is 0 Å². The molecule has 0 aliphatic carbocycles. The fourth-order valence-electron chi connectivity index (χ4n) is 1.10. The monoisotopic (exact) mass is 242 g/mol. The molecule has 6 heteroatoms. The van der Waals surface area contributed by atoms with Crippen LogP contribution in [0.3, 0.4) is 0 Å². The van der Waals surface area contributed by atoms with Crippen molar-refractivity contribution in [1.82, 2.24) is 0 Å². The predicted octanol–water partition coefficient (Wildman–Crippen LogP) is -3.08. The van der Waals surface area contributed by atoms with Crippen LogP contribution in [-0.2, 0) is 4.74 Å². The molecule has 1 radical (unpaired) electrons. The summed E-state index contributed by atoms with van der Waals surface area (Å²) in [5.41, 5.74) is 5.48. The zero-order valence-electron chi connectivity index (χ0n) is 6.33. The van der Waals surface area contributed by atoms with Gasteiger partial charge in [-0.25, -0.2) is 0 Å². The first-order valence-corrected chi connectivity index (χ1v) is 4.60. The van der Waals surface area contributed by atoms with Gasteiger partial charge in [0.05, 0.1) is 0 Å². The molecule has 12 heavy (non-hydrogen) atoms. The Labute approximate surface area is 78.3 Å². The van der Waals surface area contributed by atoms with E-state index in [1.54, 1.807) is 0 Å². The summed E-state index contributed by atoms with van der Waals surface area (Å²) in [6, 6.07) is -0.650. The van der Waals surface area contributed by atoms with Crippen molar-refractivity contribution in [3.05, 3.63) is 0 Å². The molecule has 1 heterocycles. The zero-order chi connectivity index (χ0) is 9.30. The number of aliphatic hydroxyl groups excluding tert-OH is 3. The molecular formula is C6H12NO4Se. The molecule has 5 N–H and O–H groups in total. The second-order valence-corrected chi connectivity index (χ2v) is 3.76. The van der Waals surface area contributed by atoms with Crippen LogP contribution in [-0.4, -0.2) is 67.3 Å². The fourth-order valence-corrected chi connectivity index (χ4v) is 1.74. The van der Waals surface area contributed by atoms with Crippen LogP contribution in [0.4, 0.5) is 0 Å². The molecule has 1 saturated heterocycles. The molecule has 71 valence electrons. The number of ether oxygens (including phenoxy) is 1. The maximum atomic E-state index is 9.33. The Bertz CT molecular complexity index is 154. The van der Waals surface area contributed by atoms with Gasteiger partial charge < -0.3 is 0 Å². The average Bonchev–Trinajstić information content (AvgIpc) is 2.08. The molecule has 0 amide bonds. The van der Waals surface area contributed by atoms with E-state index in [2.05, 4.69) is 16.0 Å². The van der Waals surface area contributed by atoms with E-state index < -0.39 is 29.4 Å². The van der Waals surface area contributed by atoms with Crippen molar-refractivity contribution in [2.24, 2.45) is 5.73 Å². The van der Waals surface area contributed by atoms with Crippen molar-refractivity contribution in [2.75, 3.05) is 6.61 Å². The second kappa shape index (κ2) is 4.02. The topological polar surface area (TPSA) is 95.9 Å². The Morgan fingerprint density at radius 2 is 1.92 bits per heavy atom. The molecule has 0 saturated carbocycles. The summed E-state index contributed by atoms with van der Waals surface area (Å²) in [4.78, 5) is 0. The van der Waals surface area contributed by atoms with Gasteiger partial charge in [-0.3, -0.25) is 0 Å². The van der Waals surface area contributed by atoms with Crippen LogP contribution < -0.4 is 5.73 Å². The second-order valence-electron chi connectivity index (χ2n) is 2.78. The fraction of sp³-hybridized carbons (Fsp3) is 1.00. The first-order chi connectivity index (χ1) is 5.57. The van der Waals surface area contributed by atoms with Crippen LogP contribution in [0, 0.1) is 0 Å². The Hall–Kier alpha value is 0.319. The van der Waals surface area contributed by atoms with Gasteiger partial charge in [0.25, 0.3) is 0 Å². The minimum absolute atomic E-state index is 0.330. The summed E-state index contributed by atoms with van der Waals surface area (Å²) in [5.74, 6) is 0. The van der Waals surface area contributed by atoms with E-state index in [9.17, 15) is 10.2 Å². The van der Waals surface area contributed by atoms with E-state index in [4.69, 9.17) is 15.6 Å². The van der Waals surface area contributed by atoms with Gasteiger partial charge in [-0.2, -0.15) is 0 Å². The molecular weight excluding hydrogens is 229 g/mol. The SMILES string of the molecule is N[C@@H]1C([Se])O[C@H](CO)[C@@H](O)[C@@H]1O. The van der Waals surface area contributed by atoms with Crippen LogP contribution in [0.15, 0.2) is 0 Å². The van der Waals surface area contributed by atoms with E-state index in [0.717, 1.165) is 0 Å². The van der Waals surface area contributed by atoms with Gasteiger partial charge in [0.15, 0.2) is 0 Å². The zero-order valence-corrected chi connectivity index (χ0v) is 8.04. The van der Waals surface area contributed by atoms with Crippen molar-refractivity contribution in [3.8, 4) is 0 Å². The van der Waals surface area contributed by atoms with Crippen molar-refractivity contribution < 1.29 is 20.1 Å². The number of nitrogens with two attached hydrogens (primary N) is 1. The third kappa shape index (κ3) is 1.80. The van der Waals surface area contributed by atoms with Crippen molar-refractivity contribution in [3.63, 3.8) is 0 Å². The Morgan fingerprint density at radius 3 is 2.42 bits per heavy atom. The van der Waals surface area contributed by atoms with Gasteiger partial charge in [0, 0.05) is 0 Å². The molecule has 5 nitrogen and oxygen atoms in total. The van der Waals surface area contributed by atoms with E-state index >= 15 is 0 Å². The third-order valence-corrected chi connectivity index (χ3v) is 2.82. The van der Waals surface area contributed by atoms with Crippen LogP contribution >= 0.6 is 0 Å². The molecule has 0 aromatic rings. The summed E-state index contributed by atoms with van der Waals surface area (Å²) in [7, 11) is 0.